The number of fused-ring (bicyclic) bond motifs is 2. The second kappa shape index (κ2) is 5.48. The van der Waals surface area contributed by atoms with Gasteiger partial charge in [0.1, 0.15) is 5.82 Å². The highest BCUT2D eigenvalue weighted by Gasteiger charge is 2.44. The Morgan fingerprint density at radius 3 is 2.95 bits per heavy atom. The van der Waals surface area contributed by atoms with Crippen molar-refractivity contribution in [1.82, 2.24) is 5.43 Å². The van der Waals surface area contributed by atoms with Gasteiger partial charge in [0.15, 0.2) is 0 Å². The number of benzene rings is 1. The van der Waals surface area contributed by atoms with E-state index in [-0.39, 0.29) is 11.9 Å². The molecule has 104 valence electrons. The quantitative estimate of drug-likeness (QED) is 0.659. The zero-order chi connectivity index (χ0) is 13.4. The van der Waals surface area contributed by atoms with Gasteiger partial charge in [-0.1, -0.05) is 12.1 Å². The predicted molar refractivity (Wildman–Crippen MR) is 74.9 cm³/mol. The molecule has 2 heterocycles. The van der Waals surface area contributed by atoms with E-state index in [2.05, 4.69) is 21.4 Å². The predicted octanol–water partition coefficient (Wildman–Crippen LogP) is 2.53. The van der Waals surface area contributed by atoms with E-state index in [0.29, 0.717) is 29.0 Å². The van der Waals surface area contributed by atoms with Gasteiger partial charge < -0.3 is 4.74 Å². The second-order valence-electron chi connectivity index (χ2n) is 5.46. The lowest BCUT2D eigenvalue weighted by Gasteiger charge is -2.28. The van der Waals surface area contributed by atoms with Crippen LogP contribution in [0.4, 0.5) is 4.39 Å². The van der Waals surface area contributed by atoms with Crippen LogP contribution in [0, 0.1) is 11.7 Å². The maximum absolute atomic E-state index is 13.5. The van der Waals surface area contributed by atoms with E-state index in [1.165, 1.54) is 12.5 Å². The van der Waals surface area contributed by atoms with E-state index in [9.17, 15) is 4.39 Å². The Morgan fingerprint density at radius 1 is 1.47 bits per heavy atom. The molecule has 3 N–H and O–H groups in total. The van der Waals surface area contributed by atoms with Crippen molar-refractivity contribution in [3.63, 3.8) is 0 Å². The highest BCUT2D eigenvalue weighted by Crippen LogP contribution is 2.41. The number of nitrogens with one attached hydrogen (secondary N) is 1. The fourth-order valence-corrected chi connectivity index (χ4v) is 3.80. The average Bonchev–Trinajstić information content (AvgIpc) is 3.03. The maximum atomic E-state index is 13.5. The minimum atomic E-state index is -0.225. The maximum Gasteiger partial charge on any atom is 0.137 e. The molecule has 2 aliphatic heterocycles. The molecule has 0 aliphatic carbocycles. The summed E-state index contributed by atoms with van der Waals surface area (Å²) in [6.07, 6.45) is 4.79. The van der Waals surface area contributed by atoms with Crippen molar-refractivity contribution in [3.05, 3.63) is 34.1 Å². The van der Waals surface area contributed by atoms with Gasteiger partial charge in [0.2, 0.25) is 0 Å². The lowest BCUT2D eigenvalue weighted by molar-refractivity contribution is 0.0857. The van der Waals surface area contributed by atoms with Crippen LogP contribution in [0.15, 0.2) is 22.7 Å². The Hall–Kier alpha value is -0.490. The zero-order valence-electron chi connectivity index (χ0n) is 10.6. The molecule has 4 atom stereocenters. The summed E-state index contributed by atoms with van der Waals surface area (Å²) in [5.41, 5.74) is 3.85. The number of hydrogen-bond acceptors (Lipinski definition) is 3. The van der Waals surface area contributed by atoms with Crippen LogP contribution in [0.5, 0.6) is 0 Å². The lowest BCUT2D eigenvalue weighted by atomic mass is 9.82. The van der Waals surface area contributed by atoms with Crippen molar-refractivity contribution < 1.29 is 9.13 Å². The van der Waals surface area contributed by atoms with E-state index < -0.39 is 0 Å². The SMILES string of the molecule is NNC(Cc1cccc(F)c1Br)C1CC2CCC1O2. The first-order valence-corrected chi connectivity index (χ1v) is 7.53. The van der Waals surface area contributed by atoms with Crippen LogP contribution in [0.1, 0.15) is 24.8 Å². The number of nitrogens with two attached hydrogens (primary N) is 1. The molecule has 1 aromatic carbocycles. The standard InChI is InChI=1S/C14H18BrFN2O/c15-14-8(2-1-3-11(14)16)6-12(18-17)10-7-9-4-5-13(10)19-9/h1-3,9-10,12-13,18H,4-7,17H2. The van der Waals surface area contributed by atoms with Crippen LogP contribution in [0.3, 0.4) is 0 Å². The van der Waals surface area contributed by atoms with Crippen LogP contribution >= 0.6 is 15.9 Å². The van der Waals surface area contributed by atoms with Crippen LogP contribution in [0.2, 0.25) is 0 Å². The largest absolute Gasteiger partial charge is 0.375 e. The van der Waals surface area contributed by atoms with Gasteiger partial charge in [-0.25, -0.2) is 4.39 Å². The molecule has 0 aromatic heterocycles. The van der Waals surface area contributed by atoms with Crippen LogP contribution in [-0.4, -0.2) is 18.2 Å². The first-order valence-electron chi connectivity index (χ1n) is 6.73. The fraction of sp³-hybridized carbons (Fsp3) is 0.571. The van der Waals surface area contributed by atoms with Crippen LogP contribution in [-0.2, 0) is 11.2 Å². The molecule has 2 aliphatic rings. The number of halogens is 2. The summed E-state index contributed by atoms with van der Waals surface area (Å²) in [7, 11) is 0. The van der Waals surface area contributed by atoms with Crippen molar-refractivity contribution >= 4 is 15.9 Å². The van der Waals surface area contributed by atoms with E-state index in [4.69, 9.17) is 10.6 Å². The van der Waals surface area contributed by atoms with E-state index in [0.717, 1.165) is 18.4 Å². The van der Waals surface area contributed by atoms with E-state index in [1.54, 1.807) is 6.07 Å². The highest BCUT2D eigenvalue weighted by atomic mass is 79.9. The van der Waals surface area contributed by atoms with Gasteiger partial charge >= 0.3 is 0 Å². The average molecular weight is 329 g/mol. The number of rotatable bonds is 4. The molecular weight excluding hydrogens is 311 g/mol. The summed E-state index contributed by atoms with van der Waals surface area (Å²) in [5, 5.41) is 0. The van der Waals surface area contributed by atoms with Gasteiger partial charge in [-0.2, -0.15) is 0 Å². The number of ether oxygens (including phenoxy) is 1. The van der Waals surface area contributed by atoms with Crippen molar-refractivity contribution in [2.24, 2.45) is 11.8 Å². The van der Waals surface area contributed by atoms with Crippen LogP contribution < -0.4 is 11.3 Å². The number of hydrazine groups is 1. The van der Waals surface area contributed by atoms with Crippen LogP contribution in [0.25, 0.3) is 0 Å². The van der Waals surface area contributed by atoms with Gasteiger partial charge in [-0.05, 0) is 53.2 Å². The minimum absolute atomic E-state index is 0.133. The van der Waals surface area contributed by atoms with Crippen molar-refractivity contribution in [2.45, 2.75) is 43.9 Å². The first kappa shape index (κ1) is 13.5. The van der Waals surface area contributed by atoms with E-state index in [1.807, 2.05) is 6.07 Å². The van der Waals surface area contributed by atoms with Crippen molar-refractivity contribution in [3.8, 4) is 0 Å². The third kappa shape index (κ3) is 2.57. The van der Waals surface area contributed by atoms with Crippen molar-refractivity contribution in [1.29, 1.82) is 0 Å². The van der Waals surface area contributed by atoms with Gasteiger partial charge in [0, 0.05) is 12.0 Å². The first-order chi connectivity index (χ1) is 9.19. The van der Waals surface area contributed by atoms with Crippen molar-refractivity contribution in [2.75, 3.05) is 0 Å². The molecule has 2 bridgehead atoms. The molecule has 3 rings (SSSR count). The second-order valence-corrected chi connectivity index (χ2v) is 6.26. The van der Waals surface area contributed by atoms with Gasteiger partial charge in [-0.3, -0.25) is 11.3 Å². The Balaban J connectivity index is 1.75. The van der Waals surface area contributed by atoms with Gasteiger partial charge in [0.25, 0.3) is 0 Å². The molecule has 4 unspecified atom stereocenters. The molecule has 3 nitrogen and oxygen atoms in total. The summed E-state index contributed by atoms with van der Waals surface area (Å²) >= 11 is 3.31. The fourth-order valence-electron chi connectivity index (χ4n) is 3.38. The Labute approximate surface area is 120 Å². The van der Waals surface area contributed by atoms with E-state index >= 15 is 0 Å². The Morgan fingerprint density at radius 2 is 2.32 bits per heavy atom. The zero-order valence-corrected chi connectivity index (χ0v) is 12.2. The molecule has 0 radical (unpaired) electrons. The molecule has 5 heteroatoms. The summed E-state index contributed by atoms with van der Waals surface area (Å²) in [6.45, 7) is 0. The lowest BCUT2D eigenvalue weighted by Crippen LogP contribution is -2.45. The molecule has 1 aromatic rings. The normalized spacial score (nSPS) is 30.8. The molecule has 0 spiro atoms. The van der Waals surface area contributed by atoms with Gasteiger partial charge in [0.05, 0.1) is 16.7 Å². The molecule has 0 saturated carbocycles. The molecule has 2 saturated heterocycles. The van der Waals surface area contributed by atoms with Gasteiger partial charge in [-0.15, -0.1) is 0 Å². The third-order valence-electron chi connectivity index (χ3n) is 4.36. The molecular formula is C14H18BrFN2O. The summed E-state index contributed by atoms with van der Waals surface area (Å²) in [4.78, 5) is 0. The minimum Gasteiger partial charge on any atom is -0.375 e. The Kier molecular flexibility index (Phi) is 3.89. The smallest absolute Gasteiger partial charge is 0.137 e. The summed E-state index contributed by atoms with van der Waals surface area (Å²) in [6, 6.07) is 5.26. The molecule has 19 heavy (non-hydrogen) atoms. The topological polar surface area (TPSA) is 47.3 Å². The third-order valence-corrected chi connectivity index (χ3v) is 5.24. The highest BCUT2D eigenvalue weighted by molar-refractivity contribution is 9.10. The summed E-state index contributed by atoms with van der Waals surface area (Å²) < 4.78 is 20.0. The molecule has 0 amide bonds. The Bertz CT molecular complexity index is 471. The summed E-state index contributed by atoms with van der Waals surface area (Å²) in [5.74, 6) is 5.91. The number of hydrogen-bond donors (Lipinski definition) is 2. The molecule has 2 fully saturated rings. The monoisotopic (exact) mass is 328 g/mol.